The van der Waals surface area contributed by atoms with Crippen molar-refractivity contribution in [2.45, 2.75) is 12.0 Å². The molecule has 3 nitrogen and oxygen atoms in total. The van der Waals surface area contributed by atoms with Crippen molar-refractivity contribution in [1.82, 2.24) is 10.2 Å². The van der Waals surface area contributed by atoms with Gasteiger partial charge in [0.25, 0.3) is 5.92 Å². The molecule has 0 aliphatic carbocycles. The Morgan fingerprint density at radius 3 is 2.55 bits per heavy atom. The van der Waals surface area contributed by atoms with Gasteiger partial charge in [0.2, 0.25) is 0 Å². The van der Waals surface area contributed by atoms with Crippen molar-refractivity contribution in [3.63, 3.8) is 0 Å². The summed E-state index contributed by atoms with van der Waals surface area (Å²) in [7, 11) is 0. The van der Waals surface area contributed by atoms with Gasteiger partial charge in [0.05, 0.1) is 0 Å². The van der Waals surface area contributed by atoms with E-state index in [9.17, 15) is 13.2 Å². The highest BCUT2D eigenvalue weighted by Crippen LogP contribution is 2.40. The van der Waals surface area contributed by atoms with E-state index in [-0.39, 0.29) is 10.6 Å². The Balaban J connectivity index is 2.45. The van der Waals surface area contributed by atoms with Gasteiger partial charge < -0.3 is 10.4 Å². The Morgan fingerprint density at radius 2 is 2.00 bits per heavy atom. The van der Waals surface area contributed by atoms with E-state index in [1.807, 2.05) is 0 Å². The van der Waals surface area contributed by atoms with Gasteiger partial charge in [-0.3, -0.25) is 4.90 Å². The largest absolute Gasteiger partial charge is 0.390 e. The summed E-state index contributed by atoms with van der Waals surface area (Å²) in [5.74, 6) is -4.25. The van der Waals surface area contributed by atoms with Gasteiger partial charge in [-0.15, -0.1) is 0 Å². The number of nitrogens with zero attached hydrogens (tertiary/aromatic N) is 1. The highest BCUT2D eigenvalue weighted by molar-refractivity contribution is 6.31. The molecule has 0 unspecified atom stereocenters. The van der Waals surface area contributed by atoms with E-state index < -0.39 is 24.4 Å². The Morgan fingerprint density at radius 1 is 1.35 bits per heavy atom. The number of benzene rings is 1. The van der Waals surface area contributed by atoms with Crippen LogP contribution in [-0.2, 0) is 0 Å². The molecule has 1 aliphatic heterocycles. The lowest BCUT2D eigenvalue weighted by molar-refractivity contribution is -0.119. The molecule has 1 aliphatic rings. The van der Waals surface area contributed by atoms with Crippen LogP contribution in [-0.4, -0.2) is 48.7 Å². The Hall–Kier alpha value is -0.820. The van der Waals surface area contributed by atoms with E-state index in [2.05, 4.69) is 5.32 Å². The molecule has 0 aromatic heterocycles. The molecule has 1 aromatic rings. The number of aliphatic hydroxyl groups excluding tert-OH is 1. The van der Waals surface area contributed by atoms with Gasteiger partial charge in [-0.05, 0) is 12.1 Å². The second-order valence-corrected chi connectivity index (χ2v) is 5.15. The zero-order chi connectivity index (χ0) is 14.8. The first kappa shape index (κ1) is 15.6. The summed E-state index contributed by atoms with van der Waals surface area (Å²) in [6, 6.07) is 2.28. The van der Waals surface area contributed by atoms with Crippen LogP contribution < -0.4 is 5.32 Å². The second-order valence-electron chi connectivity index (χ2n) is 4.74. The zero-order valence-electron chi connectivity index (χ0n) is 10.8. The molecule has 0 spiro atoms. The summed E-state index contributed by atoms with van der Waals surface area (Å²) in [6.07, 6.45) is 0. The second kappa shape index (κ2) is 6.30. The molecule has 112 valence electrons. The third kappa shape index (κ3) is 3.09. The summed E-state index contributed by atoms with van der Waals surface area (Å²) in [4.78, 5) is 1.46. The quantitative estimate of drug-likeness (QED) is 0.894. The number of halogens is 4. The van der Waals surface area contributed by atoms with Crippen LogP contribution in [0.25, 0.3) is 0 Å². The summed E-state index contributed by atoms with van der Waals surface area (Å²) in [5.41, 5.74) is -0.255. The molecule has 2 N–H and O–H groups in total. The average Bonchev–Trinajstić information content (AvgIpc) is 2.43. The smallest absolute Gasteiger partial charge is 0.290 e. The highest BCUT2D eigenvalue weighted by atomic mass is 35.5. The van der Waals surface area contributed by atoms with Crippen LogP contribution in [0.4, 0.5) is 13.2 Å². The predicted octanol–water partition coefficient (Wildman–Crippen LogP) is 2.05. The SMILES string of the molecule is OCC(F)(F)[C@H](c1c(F)cccc1Cl)N1CCNCC1. The van der Waals surface area contributed by atoms with Crippen LogP contribution in [0.5, 0.6) is 0 Å². The normalized spacial score (nSPS) is 19.1. The van der Waals surface area contributed by atoms with Gasteiger partial charge >= 0.3 is 0 Å². The van der Waals surface area contributed by atoms with Crippen LogP contribution in [0.2, 0.25) is 5.02 Å². The molecule has 1 heterocycles. The number of nitrogens with one attached hydrogen (secondary N) is 1. The molecule has 0 bridgehead atoms. The lowest BCUT2D eigenvalue weighted by Gasteiger charge is -2.39. The molecule has 1 fully saturated rings. The first-order chi connectivity index (χ1) is 9.47. The van der Waals surface area contributed by atoms with Crippen molar-refractivity contribution in [3.05, 3.63) is 34.6 Å². The summed E-state index contributed by atoms with van der Waals surface area (Å²) in [6.45, 7) is 0.385. The Bertz CT molecular complexity index is 447. The van der Waals surface area contributed by atoms with Crippen LogP contribution in [0.15, 0.2) is 18.2 Å². The minimum Gasteiger partial charge on any atom is -0.390 e. The van der Waals surface area contributed by atoms with Crippen molar-refractivity contribution >= 4 is 11.6 Å². The zero-order valence-corrected chi connectivity index (χ0v) is 11.5. The molecule has 1 aromatic carbocycles. The van der Waals surface area contributed by atoms with Crippen molar-refractivity contribution in [2.75, 3.05) is 32.8 Å². The third-order valence-corrected chi connectivity index (χ3v) is 3.73. The molecule has 20 heavy (non-hydrogen) atoms. The van der Waals surface area contributed by atoms with Crippen LogP contribution in [0.3, 0.4) is 0 Å². The van der Waals surface area contributed by atoms with Gasteiger partial charge in [0.15, 0.2) is 0 Å². The lowest BCUT2D eigenvalue weighted by atomic mass is 9.97. The van der Waals surface area contributed by atoms with Gasteiger partial charge in [-0.1, -0.05) is 17.7 Å². The maximum Gasteiger partial charge on any atom is 0.290 e. The van der Waals surface area contributed by atoms with Crippen LogP contribution in [0, 0.1) is 5.82 Å². The molecule has 0 saturated carbocycles. The van der Waals surface area contributed by atoms with Crippen LogP contribution in [0.1, 0.15) is 11.6 Å². The summed E-state index contributed by atoms with van der Waals surface area (Å²) >= 11 is 5.91. The number of hydrogen-bond acceptors (Lipinski definition) is 3. The predicted molar refractivity (Wildman–Crippen MR) is 70.6 cm³/mol. The fraction of sp³-hybridized carbons (Fsp3) is 0.538. The molecular weight excluding hydrogens is 293 g/mol. The fourth-order valence-corrected chi connectivity index (χ4v) is 2.73. The Labute approximate surface area is 120 Å². The standard InChI is InChI=1S/C13H16ClF3N2O/c14-9-2-1-3-10(15)11(9)12(13(16,17)8-20)19-6-4-18-5-7-19/h1-3,12,18,20H,4-8H2/t12-/m0/s1. The molecule has 7 heteroatoms. The number of aliphatic hydroxyl groups is 1. The maximum absolute atomic E-state index is 14.1. The molecule has 1 atom stereocenters. The van der Waals surface area contributed by atoms with Gasteiger partial charge in [0.1, 0.15) is 18.5 Å². The maximum atomic E-state index is 14.1. The highest BCUT2D eigenvalue weighted by Gasteiger charge is 2.46. The first-order valence-corrected chi connectivity index (χ1v) is 6.72. The lowest BCUT2D eigenvalue weighted by Crippen LogP contribution is -2.51. The van der Waals surface area contributed by atoms with E-state index in [1.54, 1.807) is 0 Å². The number of rotatable bonds is 4. The molecule has 0 radical (unpaired) electrons. The monoisotopic (exact) mass is 308 g/mol. The third-order valence-electron chi connectivity index (χ3n) is 3.40. The van der Waals surface area contributed by atoms with Crippen molar-refractivity contribution in [3.8, 4) is 0 Å². The van der Waals surface area contributed by atoms with Gasteiger partial charge in [-0.2, -0.15) is 0 Å². The molecule has 0 amide bonds. The average molecular weight is 309 g/mol. The van der Waals surface area contributed by atoms with Crippen LogP contribution >= 0.6 is 11.6 Å². The Kier molecular flexibility index (Phi) is 4.90. The number of alkyl halides is 2. The van der Waals surface area contributed by atoms with E-state index in [4.69, 9.17) is 16.7 Å². The van der Waals surface area contributed by atoms with E-state index in [0.717, 1.165) is 6.07 Å². The summed E-state index contributed by atoms with van der Waals surface area (Å²) in [5, 5.41) is 12.0. The van der Waals surface area contributed by atoms with Crippen molar-refractivity contribution < 1.29 is 18.3 Å². The molecule has 2 rings (SSSR count). The minimum atomic E-state index is -3.47. The number of piperazine rings is 1. The van der Waals surface area contributed by atoms with Gasteiger partial charge in [0, 0.05) is 36.8 Å². The van der Waals surface area contributed by atoms with Crippen molar-refractivity contribution in [1.29, 1.82) is 0 Å². The molecule has 1 saturated heterocycles. The molecular formula is C13H16ClF3N2O. The van der Waals surface area contributed by atoms with E-state index in [0.29, 0.717) is 26.2 Å². The van der Waals surface area contributed by atoms with Crippen molar-refractivity contribution in [2.24, 2.45) is 0 Å². The van der Waals surface area contributed by atoms with E-state index in [1.165, 1.54) is 17.0 Å². The minimum absolute atomic E-state index is 0.0540. The summed E-state index contributed by atoms with van der Waals surface area (Å²) < 4.78 is 42.2. The fourth-order valence-electron chi connectivity index (χ4n) is 2.46. The number of hydrogen-bond donors (Lipinski definition) is 2. The van der Waals surface area contributed by atoms with Gasteiger partial charge in [-0.25, -0.2) is 13.2 Å². The first-order valence-electron chi connectivity index (χ1n) is 6.34. The topological polar surface area (TPSA) is 35.5 Å². The van der Waals surface area contributed by atoms with E-state index >= 15 is 0 Å².